The maximum absolute atomic E-state index is 9.88. The molecule has 0 aliphatic heterocycles. The summed E-state index contributed by atoms with van der Waals surface area (Å²) in [6, 6.07) is 15.3. The average Bonchev–Trinajstić information content (AvgIpc) is 2.40. The Kier molecular flexibility index (Phi) is 3.63. The van der Waals surface area contributed by atoms with E-state index in [1.807, 2.05) is 49.4 Å². The Balaban J connectivity index is 2.32. The molecule has 3 N–H and O–H groups in total. The Morgan fingerprint density at radius 1 is 1.17 bits per heavy atom. The average molecular weight is 240 g/mol. The molecule has 3 nitrogen and oxygen atoms in total. The van der Waals surface area contributed by atoms with Crippen molar-refractivity contribution >= 4 is 5.71 Å². The molecular formula is C15H16N2O. The van der Waals surface area contributed by atoms with Crippen LogP contribution in [-0.2, 0) is 6.42 Å². The topological polar surface area (TPSA) is 58.6 Å². The molecule has 0 saturated heterocycles. The van der Waals surface area contributed by atoms with Crippen molar-refractivity contribution in [2.45, 2.75) is 13.3 Å². The van der Waals surface area contributed by atoms with Crippen LogP contribution in [0.5, 0.6) is 5.75 Å². The van der Waals surface area contributed by atoms with E-state index < -0.39 is 0 Å². The molecule has 0 aliphatic rings. The predicted molar refractivity (Wildman–Crippen MR) is 73.7 cm³/mol. The van der Waals surface area contributed by atoms with Gasteiger partial charge in [-0.15, -0.1) is 0 Å². The number of nitrogens with two attached hydrogens (primary N) is 1. The van der Waals surface area contributed by atoms with Gasteiger partial charge in [-0.3, -0.25) is 0 Å². The minimum Gasteiger partial charge on any atom is -0.507 e. The Morgan fingerprint density at radius 3 is 2.56 bits per heavy atom. The number of hydrogen-bond acceptors (Lipinski definition) is 3. The summed E-state index contributed by atoms with van der Waals surface area (Å²) in [5.74, 6) is 5.66. The molecule has 0 aromatic heterocycles. The van der Waals surface area contributed by atoms with Crippen molar-refractivity contribution in [3.05, 3.63) is 65.2 Å². The zero-order valence-electron chi connectivity index (χ0n) is 10.3. The lowest BCUT2D eigenvalue weighted by Crippen LogP contribution is -2.08. The van der Waals surface area contributed by atoms with Gasteiger partial charge >= 0.3 is 0 Å². The fourth-order valence-electron chi connectivity index (χ4n) is 1.88. The molecule has 0 fully saturated rings. The fraction of sp³-hybridized carbons (Fsp3) is 0.133. The second kappa shape index (κ2) is 5.36. The number of hydrogen-bond donors (Lipinski definition) is 2. The summed E-state index contributed by atoms with van der Waals surface area (Å²) in [6.07, 6.45) is 0.606. The van der Waals surface area contributed by atoms with Gasteiger partial charge in [-0.05, 0) is 24.6 Å². The molecule has 0 aliphatic carbocycles. The van der Waals surface area contributed by atoms with Crippen molar-refractivity contribution in [3.63, 3.8) is 0 Å². The molecule has 92 valence electrons. The summed E-state index contributed by atoms with van der Waals surface area (Å²) >= 11 is 0. The molecule has 0 unspecified atom stereocenters. The Labute approximate surface area is 107 Å². The molecule has 18 heavy (non-hydrogen) atoms. The van der Waals surface area contributed by atoms with Gasteiger partial charge in [0.25, 0.3) is 0 Å². The lowest BCUT2D eigenvalue weighted by molar-refractivity contribution is 0.474. The quantitative estimate of drug-likeness (QED) is 0.492. The maximum Gasteiger partial charge on any atom is 0.124 e. The second-order valence-electron chi connectivity index (χ2n) is 4.26. The largest absolute Gasteiger partial charge is 0.507 e. The van der Waals surface area contributed by atoms with Crippen LogP contribution >= 0.6 is 0 Å². The van der Waals surface area contributed by atoms with Crippen molar-refractivity contribution in [1.82, 2.24) is 0 Å². The van der Waals surface area contributed by atoms with E-state index in [2.05, 4.69) is 5.10 Å². The van der Waals surface area contributed by atoms with Crippen LogP contribution in [0.15, 0.2) is 53.6 Å². The van der Waals surface area contributed by atoms with Gasteiger partial charge in [0.1, 0.15) is 5.75 Å². The van der Waals surface area contributed by atoms with E-state index in [-0.39, 0.29) is 5.75 Å². The molecule has 0 radical (unpaired) electrons. The standard InChI is InChI=1S/C15H16N2O/c1-11-7-8-15(18)13(9-11)14(17-16)10-12-5-3-2-4-6-12/h2-9,18H,10,16H2,1H3. The number of phenolic OH excluding ortho intramolecular Hbond substituents is 1. The molecule has 0 heterocycles. The first kappa shape index (κ1) is 12.2. The van der Waals surface area contributed by atoms with Crippen LogP contribution in [0, 0.1) is 6.92 Å². The van der Waals surface area contributed by atoms with Crippen LogP contribution in [0.25, 0.3) is 0 Å². The molecule has 0 bridgehead atoms. The lowest BCUT2D eigenvalue weighted by Gasteiger charge is -2.08. The second-order valence-corrected chi connectivity index (χ2v) is 4.26. The first-order chi connectivity index (χ1) is 8.70. The van der Waals surface area contributed by atoms with E-state index >= 15 is 0 Å². The Hall–Kier alpha value is -2.29. The SMILES string of the molecule is Cc1ccc(O)c(C(Cc2ccccc2)=NN)c1. The normalized spacial score (nSPS) is 11.5. The number of nitrogens with zero attached hydrogens (tertiary/aromatic N) is 1. The Morgan fingerprint density at radius 2 is 1.89 bits per heavy atom. The number of benzene rings is 2. The molecule has 0 amide bonds. The van der Waals surface area contributed by atoms with Gasteiger partial charge in [-0.1, -0.05) is 42.0 Å². The smallest absolute Gasteiger partial charge is 0.124 e. The van der Waals surface area contributed by atoms with E-state index in [4.69, 9.17) is 5.84 Å². The van der Waals surface area contributed by atoms with E-state index in [0.717, 1.165) is 11.1 Å². The van der Waals surface area contributed by atoms with Gasteiger partial charge in [-0.25, -0.2) is 0 Å². The third kappa shape index (κ3) is 2.69. The van der Waals surface area contributed by atoms with Gasteiger partial charge < -0.3 is 10.9 Å². The molecular weight excluding hydrogens is 224 g/mol. The third-order valence-electron chi connectivity index (χ3n) is 2.83. The van der Waals surface area contributed by atoms with E-state index in [9.17, 15) is 5.11 Å². The van der Waals surface area contributed by atoms with E-state index in [1.54, 1.807) is 6.07 Å². The zero-order valence-corrected chi connectivity index (χ0v) is 10.3. The fourth-order valence-corrected chi connectivity index (χ4v) is 1.88. The summed E-state index contributed by atoms with van der Waals surface area (Å²) in [4.78, 5) is 0. The predicted octanol–water partition coefficient (Wildman–Crippen LogP) is 2.61. The van der Waals surface area contributed by atoms with Crippen LogP contribution in [0.3, 0.4) is 0 Å². The molecule has 0 atom stereocenters. The number of phenols is 1. The minimum atomic E-state index is 0.209. The third-order valence-corrected chi connectivity index (χ3v) is 2.83. The van der Waals surface area contributed by atoms with E-state index in [0.29, 0.717) is 17.7 Å². The highest BCUT2D eigenvalue weighted by atomic mass is 16.3. The molecule has 0 saturated carbocycles. The molecule has 0 spiro atoms. The maximum atomic E-state index is 9.88. The number of aryl methyl sites for hydroxylation is 1. The highest BCUT2D eigenvalue weighted by molar-refractivity contribution is 6.04. The first-order valence-corrected chi connectivity index (χ1v) is 5.81. The van der Waals surface area contributed by atoms with Crippen molar-refractivity contribution in [2.75, 3.05) is 0 Å². The van der Waals surface area contributed by atoms with E-state index in [1.165, 1.54) is 0 Å². The van der Waals surface area contributed by atoms with Crippen molar-refractivity contribution in [3.8, 4) is 5.75 Å². The van der Waals surface area contributed by atoms with Gasteiger partial charge in [0, 0.05) is 12.0 Å². The van der Waals surface area contributed by atoms with Gasteiger partial charge in [0.15, 0.2) is 0 Å². The summed E-state index contributed by atoms with van der Waals surface area (Å²) in [5, 5.41) is 13.7. The van der Waals surface area contributed by atoms with Gasteiger partial charge in [-0.2, -0.15) is 5.10 Å². The summed E-state index contributed by atoms with van der Waals surface area (Å²) < 4.78 is 0. The number of hydrazone groups is 1. The zero-order chi connectivity index (χ0) is 13.0. The summed E-state index contributed by atoms with van der Waals surface area (Å²) in [6.45, 7) is 1.97. The van der Waals surface area contributed by atoms with Crippen molar-refractivity contribution in [2.24, 2.45) is 10.9 Å². The highest BCUT2D eigenvalue weighted by Gasteiger charge is 2.10. The first-order valence-electron chi connectivity index (χ1n) is 5.81. The van der Waals surface area contributed by atoms with Gasteiger partial charge in [0.2, 0.25) is 0 Å². The monoisotopic (exact) mass is 240 g/mol. The van der Waals surface area contributed by atoms with Crippen LogP contribution in [-0.4, -0.2) is 10.8 Å². The molecule has 3 heteroatoms. The number of rotatable bonds is 3. The number of aromatic hydroxyl groups is 1. The van der Waals surface area contributed by atoms with Crippen LogP contribution < -0.4 is 5.84 Å². The Bertz CT molecular complexity index is 562. The minimum absolute atomic E-state index is 0.209. The van der Waals surface area contributed by atoms with Crippen LogP contribution in [0.2, 0.25) is 0 Å². The van der Waals surface area contributed by atoms with Crippen LogP contribution in [0.1, 0.15) is 16.7 Å². The summed E-state index contributed by atoms with van der Waals surface area (Å²) in [5.41, 5.74) is 3.56. The molecule has 2 aromatic rings. The molecule has 2 rings (SSSR count). The van der Waals surface area contributed by atoms with Crippen LogP contribution in [0.4, 0.5) is 0 Å². The van der Waals surface area contributed by atoms with Crippen molar-refractivity contribution < 1.29 is 5.11 Å². The molecule has 2 aromatic carbocycles. The lowest BCUT2D eigenvalue weighted by atomic mass is 10.00. The van der Waals surface area contributed by atoms with Gasteiger partial charge in [0.05, 0.1) is 5.71 Å². The highest BCUT2D eigenvalue weighted by Crippen LogP contribution is 2.20. The van der Waals surface area contributed by atoms with Crippen molar-refractivity contribution in [1.29, 1.82) is 0 Å². The summed E-state index contributed by atoms with van der Waals surface area (Å²) in [7, 11) is 0.